The summed E-state index contributed by atoms with van der Waals surface area (Å²) in [5.41, 5.74) is 6.65. The summed E-state index contributed by atoms with van der Waals surface area (Å²) in [5.74, 6) is -0.244. The number of aromatic nitrogens is 3. The predicted octanol–water partition coefficient (Wildman–Crippen LogP) is 2.38. The summed E-state index contributed by atoms with van der Waals surface area (Å²) in [6.45, 7) is 7.63. The number of hydrogen-bond donors (Lipinski definition) is 1. The van der Waals surface area contributed by atoms with Crippen LogP contribution in [0.2, 0.25) is 0 Å². The lowest BCUT2D eigenvalue weighted by Crippen LogP contribution is -2.27. The minimum absolute atomic E-state index is 0.206. The molecule has 2 fully saturated rings. The van der Waals surface area contributed by atoms with E-state index in [9.17, 15) is 0 Å². The second-order valence-electron chi connectivity index (χ2n) is 6.13. The molecule has 7 nitrogen and oxygen atoms in total. The molecule has 0 amide bonds. The van der Waals surface area contributed by atoms with Gasteiger partial charge in [-0.05, 0) is 29.8 Å². The van der Waals surface area contributed by atoms with Crippen LogP contribution in [0.15, 0.2) is 29.7 Å². The number of anilines is 1. The Morgan fingerprint density at radius 3 is 2.83 bits per heavy atom. The van der Waals surface area contributed by atoms with E-state index in [0.717, 1.165) is 9.86 Å². The number of rotatable bonds is 2. The van der Waals surface area contributed by atoms with Crippen molar-refractivity contribution in [3.05, 3.63) is 29.7 Å². The predicted molar refractivity (Wildman–Crippen MR) is 87.6 cm³/mol. The van der Waals surface area contributed by atoms with Gasteiger partial charge in [0.25, 0.3) is 0 Å². The van der Waals surface area contributed by atoms with Gasteiger partial charge in [-0.1, -0.05) is 6.08 Å². The van der Waals surface area contributed by atoms with Crippen molar-refractivity contribution in [1.82, 2.24) is 14.5 Å². The zero-order valence-electron chi connectivity index (χ0n) is 12.8. The third-order valence-corrected chi connectivity index (χ3v) is 4.77. The molecule has 0 bridgehead atoms. The molecule has 0 spiro atoms. The summed E-state index contributed by atoms with van der Waals surface area (Å²) in [6, 6.07) is 0. The average molecular weight is 381 g/mol. The lowest BCUT2D eigenvalue weighted by atomic mass is 10.1. The molecule has 0 radical (unpaired) electrons. The number of fused-ring (bicyclic) bond motifs is 2. The maximum absolute atomic E-state index is 6.09. The maximum atomic E-state index is 6.09. The van der Waals surface area contributed by atoms with Gasteiger partial charge in [-0.2, -0.15) is 0 Å². The third-order valence-electron chi connectivity index (χ3n) is 4.16. The van der Waals surface area contributed by atoms with Crippen LogP contribution in [0.25, 0.3) is 11.0 Å². The lowest BCUT2D eigenvalue weighted by molar-refractivity contribution is -0.191. The van der Waals surface area contributed by atoms with Gasteiger partial charge in [-0.15, -0.1) is 6.58 Å². The highest BCUT2D eigenvalue weighted by molar-refractivity contribution is 9.10. The standard InChI is InChI=1S/C15H17BrN4O3/c1-4-8-10-11(23-15(2,3)22-10)14(21-8)20-5-7(16)9-12(17)18-6-19-13(9)20/h4-6,8,10-11,14H,1H2,2-3H3,(H2,17,18,19)/t8-,10-,11-,14-/m1/s1. The van der Waals surface area contributed by atoms with E-state index in [-0.39, 0.29) is 24.5 Å². The summed E-state index contributed by atoms with van der Waals surface area (Å²) in [7, 11) is 0. The molecule has 122 valence electrons. The number of halogens is 1. The molecule has 0 aliphatic carbocycles. The fourth-order valence-electron chi connectivity index (χ4n) is 3.28. The van der Waals surface area contributed by atoms with Gasteiger partial charge in [0, 0.05) is 10.7 Å². The van der Waals surface area contributed by atoms with Crippen molar-refractivity contribution < 1.29 is 14.2 Å². The minimum atomic E-state index is -0.660. The van der Waals surface area contributed by atoms with Crippen molar-refractivity contribution in [1.29, 1.82) is 0 Å². The SMILES string of the molecule is C=C[C@H]1O[C@@H](n2cc(Br)c3c(N)ncnc32)[C@@H]2OC(C)(C)O[C@@H]21. The number of ether oxygens (including phenoxy) is 3. The molecule has 23 heavy (non-hydrogen) atoms. The van der Waals surface area contributed by atoms with E-state index >= 15 is 0 Å². The monoisotopic (exact) mass is 380 g/mol. The van der Waals surface area contributed by atoms with Crippen molar-refractivity contribution >= 4 is 32.8 Å². The van der Waals surface area contributed by atoms with Gasteiger partial charge in [-0.25, -0.2) is 9.97 Å². The summed E-state index contributed by atoms with van der Waals surface area (Å²) in [5, 5.41) is 0.757. The first kappa shape index (κ1) is 15.1. The number of nitrogen functional groups attached to an aromatic ring is 1. The molecule has 0 unspecified atom stereocenters. The van der Waals surface area contributed by atoms with Gasteiger partial charge in [0.1, 0.15) is 36.1 Å². The number of hydrogen-bond acceptors (Lipinski definition) is 6. The van der Waals surface area contributed by atoms with Gasteiger partial charge < -0.3 is 24.5 Å². The van der Waals surface area contributed by atoms with Gasteiger partial charge in [0.2, 0.25) is 0 Å². The average Bonchev–Trinajstić information content (AvgIpc) is 3.08. The Morgan fingerprint density at radius 1 is 1.35 bits per heavy atom. The van der Waals surface area contributed by atoms with E-state index < -0.39 is 5.79 Å². The molecule has 2 aromatic heterocycles. The Bertz CT molecular complexity index is 790. The van der Waals surface area contributed by atoms with Crippen LogP contribution >= 0.6 is 15.9 Å². The number of nitrogens with zero attached hydrogens (tertiary/aromatic N) is 3. The van der Waals surface area contributed by atoms with E-state index in [1.807, 2.05) is 24.6 Å². The zero-order chi connectivity index (χ0) is 16.4. The summed E-state index contributed by atoms with van der Waals surface area (Å²) in [4.78, 5) is 8.39. The first-order valence-corrected chi connectivity index (χ1v) is 8.11. The molecule has 2 aromatic rings. The van der Waals surface area contributed by atoms with Crippen molar-refractivity contribution in [3.8, 4) is 0 Å². The number of nitrogens with two attached hydrogens (primary N) is 1. The fraction of sp³-hybridized carbons (Fsp3) is 0.467. The highest BCUT2D eigenvalue weighted by Gasteiger charge is 2.55. The molecular weight excluding hydrogens is 364 g/mol. The van der Waals surface area contributed by atoms with Crippen molar-refractivity contribution in [2.45, 2.75) is 44.2 Å². The van der Waals surface area contributed by atoms with E-state index in [4.69, 9.17) is 19.9 Å². The van der Waals surface area contributed by atoms with Gasteiger partial charge in [0.15, 0.2) is 12.0 Å². The molecule has 0 saturated carbocycles. The summed E-state index contributed by atoms with van der Waals surface area (Å²) >= 11 is 3.51. The van der Waals surface area contributed by atoms with Crippen LogP contribution < -0.4 is 5.73 Å². The Balaban J connectivity index is 1.82. The van der Waals surface area contributed by atoms with Gasteiger partial charge in [0.05, 0.1) is 5.39 Å². The Kier molecular flexibility index (Phi) is 3.28. The molecule has 0 aromatic carbocycles. The Morgan fingerprint density at radius 2 is 2.09 bits per heavy atom. The van der Waals surface area contributed by atoms with E-state index in [1.54, 1.807) is 6.08 Å². The smallest absolute Gasteiger partial charge is 0.165 e. The second kappa shape index (κ2) is 5.01. The van der Waals surface area contributed by atoms with Crippen LogP contribution in [0.3, 0.4) is 0 Å². The van der Waals surface area contributed by atoms with Gasteiger partial charge in [-0.3, -0.25) is 0 Å². The van der Waals surface area contributed by atoms with E-state index in [0.29, 0.717) is 11.5 Å². The fourth-order valence-corrected chi connectivity index (χ4v) is 3.88. The van der Waals surface area contributed by atoms with Gasteiger partial charge >= 0.3 is 0 Å². The van der Waals surface area contributed by atoms with Crippen LogP contribution in [-0.2, 0) is 14.2 Å². The largest absolute Gasteiger partial charge is 0.383 e. The molecule has 2 saturated heterocycles. The van der Waals surface area contributed by atoms with Crippen LogP contribution in [0, 0.1) is 0 Å². The van der Waals surface area contributed by atoms with Crippen molar-refractivity contribution in [3.63, 3.8) is 0 Å². The lowest BCUT2D eigenvalue weighted by Gasteiger charge is -2.24. The second-order valence-corrected chi connectivity index (χ2v) is 6.99. The van der Waals surface area contributed by atoms with Crippen LogP contribution in [0.5, 0.6) is 0 Å². The summed E-state index contributed by atoms with van der Waals surface area (Å²) in [6.07, 6.45) is 3.97. The van der Waals surface area contributed by atoms with Crippen LogP contribution in [-0.4, -0.2) is 38.6 Å². The van der Waals surface area contributed by atoms with Crippen molar-refractivity contribution in [2.24, 2.45) is 0 Å². The third kappa shape index (κ3) is 2.20. The summed E-state index contributed by atoms with van der Waals surface area (Å²) < 4.78 is 20.8. The normalized spacial score (nSPS) is 32.3. The molecule has 4 rings (SSSR count). The van der Waals surface area contributed by atoms with E-state index in [1.165, 1.54) is 6.33 Å². The first-order chi connectivity index (χ1) is 10.9. The van der Waals surface area contributed by atoms with E-state index in [2.05, 4.69) is 32.5 Å². The molecule has 8 heteroatoms. The quantitative estimate of drug-likeness (QED) is 0.805. The zero-order valence-corrected chi connectivity index (χ0v) is 14.4. The van der Waals surface area contributed by atoms with Crippen LogP contribution in [0.1, 0.15) is 20.1 Å². The minimum Gasteiger partial charge on any atom is -0.383 e. The molecule has 4 heterocycles. The van der Waals surface area contributed by atoms with Crippen LogP contribution in [0.4, 0.5) is 5.82 Å². The highest BCUT2D eigenvalue weighted by Crippen LogP contribution is 2.45. The molecule has 2 N–H and O–H groups in total. The molecule has 4 atom stereocenters. The van der Waals surface area contributed by atoms with Crippen molar-refractivity contribution in [2.75, 3.05) is 5.73 Å². The topological polar surface area (TPSA) is 84.4 Å². The molecule has 2 aliphatic rings. The molecule has 2 aliphatic heterocycles. The Hall–Kier alpha value is -1.48. The molecular formula is C15H17BrN4O3. The highest BCUT2D eigenvalue weighted by atomic mass is 79.9. The first-order valence-electron chi connectivity index (χ1n) is 7.31. The maximum Gasteiger partial charge on any atom is 0.165 e. The Labute approximate surface area is 141 Å².